The average Bonchev–Trinajstić information content (AvgIpc) is 2.43. The monoisotopic (exact) mass is 313 g/mol. The second kappa shape index (κ2) is 8.36. The Balaban J connectivity index is 2.61. The highest BCUT2D eigenvalue weighted by molar-refractivity contribution is 7.89. The summed E-state index contributed by atoms with van der Waals surface area (Å²) < 4.78 is 26.5. The molecule has 0 saturated carbocycles. The van der Waals surface area contributed by atoms with E-state index < -0.39 is 10.0 Å². The Morgan fingerprint density at radius 2 is 1.81 bits per heavy atom. The third-order valence-electron chi connectivity index (χ3n) is 3.13. The van der Waals surface area contributed by atoms with Crippen molar-refractivity contribution in [1.29, 1.82) is 0 Å². The summed E-state index contributed by atoms with van der Waals surface area (Å²) in [5.74, 6) is 0. The predicted molar refractivity (Wildman–Crippen MR) is 88.2 cm³/mol. The first-order valence-electron chi connectivity index (χ1n) is 7.36. The van der Waals surface area contributed by atoms with Crippen LogP contribution in [0.25, 0.3) is 0 Å². The minimum Gasteiger partial charge on any atom is -0.383 e. The van der Waals surface area contributed by atoms with Crippen molar-refractivity contribution in [3.8, 4) is 0 Å². The van der Waals surface area contributed by atoms with E-state index >= 15 is 0 Å². The largest absolute Gasteiger partial charge is 0.383 e. The Kier molecular flexibility index (Phi) is 7.14. The lowest BCUT2D eigenvalue weighted by Gasteiger charge is -2.18. The standard InChI is InChI=1S/C15H27N3O2S/c1-5-11-16-21(19,20)15-8-6-14(7-9-15)17-13(2)10-12-18(3)4/h6-9,13,16-17H,5,10-12H2,1-4H3. The zero-order valence-electron chi connectivity index (χ0n) is 13.4. The second-order valence-electron chi connectivity index (χ2n) is 5.56. The van der Waals surface area contributed by atoms with Gasteiger partial charge in [0, 0.05) is 18.3 Å². The molecule has 6 heteroatoms. The molecule has 0 aliphatic rings. The molecule has 5 nitrogen and oxygen atoms in total. The number of rotatable bonds is 9. The van der Waals surface area contributed by atoms with Gasteiger partial charge in [-0.05, 0) is 64.7 Å². The SMILES string of the molecule is CCCNS(=O)(=O)c1ccc(NC(C)CCN(C)C)cc1. The van der Waals surface area contributed by atoms with Crippen molar-refractivity contribution < 1.29 is 8.42 Å². The van der Waals surface area contributed by atoms with Gasteiger partial charge in [-0.15, -0.1) is 0 Å². The molecule has 21 heavy (non-hydrogen) atoms. The molecule has 0 aliphatic heterocycles. The average molecular weight is 313 g/mol. The van der Waals surface area contributed by atoms with Crippen LogP contribution in [0.1, 0.15) is 26.7 Å². The predicted octanol–water partition coefficient (Wildman–Crippen LogP) is 2.13. The molecule has 0 fully saturated rings. The summed E-state index contributed by atoms with van der Waals surface area (Å²) >= 11 is 0. The lowest BCUT2D eigenvalue weighted by molar-refractivity contribution is 0.390. The van der Waals surface area contributed by atoms with Crippen molar-refractivity contribution in [2.24, 2.45) is 0 Å². The van der Waals surface area contributed by atoms with Crippen LogP contribution in [-0.2, 0) is 10.0 Å². The number of benzene rings is 1. The van der Waals surface area contributed by atoms with Crippen LogP contribution in [0.15, 0.2) is 29.2 Å². The zero-order valence-corrected chi connectivity index (χ0v) is 14.2. The highest BCUT2D eigenvalue weighted by Crippen LogP contribution is 2.15. The van der Waals surface area contributed by atoms with Crippen LogP contribution in [-0.4, -0.2) is 46.5 Å². The summed E-state index contributed by atoms with van der Waals surface area (Å²) in [7, 11) is 0.729. The maximum Gasteiger partial charge on any atom is 0.240 e. The number of anilines is 1. The normalized spacial score (nSPS) is 13.4. The van der Waals surface area contributed by atoms with E-state index in [9.17, 15) is 8.42 Å². The molecular formula is C15H27N3O2S. The van der Waals surface area contributed by atoms with Gasteiger partial charge < -0.3 is 10.2 Å². The minimum absolute atomic E-state index is 0.308. The fourth-order valence-electron chi connectivity index (χ4n) is 1.86. The van der Waals surface area contributed by atoms with Gasteiger partial charge in [-0.25, -0.2) is 13.1 Å². The fraction of sp³-hybridized carbons (Fsp3) is 0.600. The number of nitrogens with zero attached hydrogens (tertiary/aromatic N) is 1. The van der Waals surface area contributed by atoms with Crippen LogP contribution in [0.3, 0.4) is 0 Å². The summed E-state index contributed by atoms with van der Waals surface area (Å²) in [6.45, 7) is 5.53. The quantitative estimate of drug-likeness (QED) is 0.733. The summed E-state index contributed by atoms with van der Waals surface area (Å²) in [5.41, 5.74) is 0.940. The van der Waals surface area contributed by atoms with Crippen molar-refractivity contribution in [2.75, 3.05) is 32.5 Å². The van der Waals surface area contributed by atoms with Gasteiger partial charge in [0.2, 0.25) is 10.0 Å². The van der Waals surface area contributed by atoms with Gasteiger partial charge in [-0.1, -0.05) is 6.92 Å². The van der Waals surface area contributed by atoms with Crippen molar-refractivity contribution in [2.45, 2.75) is 37.6 Å². The van der Waals surface area contributed by atoms with Crippen LogP contribution in [0.2, 0.25) is 0 Å². The molecule has 0 aliphatic carbocycles. The molecule has 0 bridgehead atoms. The van der Waals surface area contributed by atoms with E-state index in [0.29, 0.717) is 17.5 Å². The van der Waals surface area contributed by atoms with Crippen LogP contribution in [0.5, 0.6) is 0 Å². The van der Waals surface area contributed by atoms with Gasteiger partial charge in [-0.2, -0.15) is 0 Å². The van der Waals surface area contributed by atoms with E-state index in [-0.39, 0.29) is 0 Å². The first-order valence-corrected chi connectivity index (χ1v) is 8.84. The molecule has 0 amide bonds. The smallest absolute Gasteiger partial charge is 0.240 e. The molecule has 120 valence electrons. The van der Waals surface area contributed by atoms with Gasteiger partial charge in [0.25, 0.3) is 0 Å². The number of hydrogen-bond donors (Lipinski definition) is 2. The Morgan fingerprint density at radius 1 is 1.19 bits per heavy atom. The van der Waals surface area contributed by atoms with E-state index in [2.05, 4.69) is 36.0 Å². The van der Waals surface area contributed by atoms with Crippen LogP contribution in [0.4, 0.5) is 5.69 Å². The topological polar surface area (TPSA) is 61.4 Å². The van der Waals surface area contributed by atoms with E-state index in [1.165, 1.54) is 0 Å². The Morgan fingerprint density at radius 3 is 2.33 bits per heavy atom. The van der Waals surface area contributed by atoms with Crippen LogP contribution < -0.4 is 10.0 Å². The summed E-state index contributed by atoms with van der Waals surface area (Å²) in [5, 5.41) is 3.38. The van der Waals surface area contributed by atoms with Gasteiger partial charge in [0.05, 0.1) is 4.90 Å². The van der Waals surface area contributed by atoms with Gasteiger partial charge in [-0.3, -0.25) is 0 Å². The summed E-state index contributed by atoms with van der Waals surface area (Å²) in [6, 6.07) is 7.24. The lowest BCUT2D eigenvalue weighted by atomic mass is 10.2. The van der Waals surface area contributed by atoms with Gasteiger partial charge >= 0.3 is 0 Å². The minimum atomic E-state index is -3.37. The maximum absolute atomic E-state index is 12.0. The molecule has 1 rings (SSSR count). The molecule has 1 unspecified atom stereocenters. The molecule has 0 radical (unpaired) electrons. The fourth-order valence-corrected chi connectivity index (χ4v) is 2.99. The molecule has 2 N–H and O–H groups in total. The third kappa shape index (κ3) is 6.46. The van der Waals surface area contributed by atoms with E-state index in [4.69, 9.17) is 0 Å². The number of hydrogen-bond acceptors (Lipinski definition) is 4. The van der Waals surface area contributed by atoms with E-state index in [1.54, 1.807) is 12.1 Å². The van der Waals surface area contributed by atoms with Crippen molar-refractivity contribution in [3.05, 3.63) is 24.3 Å². The number of nitrogens with one attached hydrogen (secondary N) is 2. The first-order chi connectivity index (χ1) is 9.85. The van der Waals surface area contributed by atoms with Crippen LogP contribution in [0, 0.1) is 0 Å². The maximum atomic E-state index is 12.0. The number of sulfonamides is 1. The van der Waals surface area contributed by atoms with Crippen molar-refractivity contribution >= 4 is 15.7 Å². The first kappa shape index (κ1) is 17.9. The molecule has 1 aromatic carbocycles. The van der Waals surface area contributed by atoms with Crippen molar-refractivity contribution in [1.82, 2.24) is 9.62 Å². The summed E-state index contributed by atoms with van der Waals surface area (Å²) in [4.78, 5) is 2.45. The molecule has 1 aromatic rings. The lowest BCUT2D eigenvalue weighted by Crippen LogP contribution is -2.24. The summed E-state index contributed by atoms with van der Waals surface area (Å²) in [6.07, 6.45) is 1.81. The van der Waals surface area contributed by atoms with E-state index in [0.717, 1.165) is 25.1 Å². The molecule has 0 heterocycles. The van der Waals surface area contributed by atoms with Gasteiger partial charge in [0.1, 0.15) is 0 Å². The molecule has 0 saturated heterocycles. The molecular weight excluding hydrogens is 286 g/mol. The Labute approximate surface area is 128 Å². The van der Waals surface area contributed by atoms with E-state index in [1.807, 2.05) is 19.1 Å². The second-order valence-corrected chi connectivity index (χ2v) is 7.33. The Hall–Kier alpha value is -1.11. The van der Waals surface area contributed by atoms with Crippen molar-refractivity contribution in [3.63, 3.8) is 0 Å². The highest BCUT2D eigenvalue weighted by atomic mass is 32.2. The molecule has 0 aromatic heterocycles. The molecule has 1 atom stereocenters. The molecule has 0 spiro atoms. The van der Waals surface area contributed by atoms with Gasteiger partial charge in [0.15, 0.2) is 0 Å². The Bertz CT molecular complexity index is 512. The highest BCUT2D eigenvalue weighted by Gasteiger charge is 2.12. The zero-order chi connectivity index (χ0) is 15.9. The van der Waals surface area contributed by atoms with Crippen LogP contribution >= 0.6 is 0 Å². The third-order valence-corrected chi connectivity index (χ3v) is 4.61.